The van der Waals surface area contributed by atoms with Crippen LogP contribution < -0.4 is 0 Å². The molecule has 0 atom stereocenters. The van der Waals surface area contributed by atoms with Crippen molar-refractivity contribution in [2.24, 2.45) is 7.05 Å². The molecule has 0 amide bonds. The summed E-state index contributed by atoms with van der Waals surface area (Å²) in [7, 11) is 1.77. The molecular formula is C13H12ClIN2O. The molecule has 1 aromatic carbocycles. The highest BCUT2D eigenvalue weighted by molar-refractivity contribution is 14.1. The highest BCUT2D eigenvalue weighted by atomic mass is 127. The standard InChI is InChI=1S/C13H12ClIN2O/c1-8-11(13(14)17(2)16-8)7-12(18)9-3-5-10(15)6-4-9/h3-6H,7H2,1-2H3. The maximum absolute atomic E-state index is 12.1. The number of benzene rings is 1. The number of rotatable bonds is 3. The van der Waals surface area contributed by atoms with Gasteiger partial charge >= 0.3 is 0 Å². The number of carbonyl (C=O) groups excluding carboxylic acids is 1. The van der Waals surface area contributed by atoms with Gasteiger partial charge in [0.25, 0.3) is 0 Å². The quantitative estimate of drug-likeness (QED) is 0.609. The van der Waals surface area contributed by atoms with Crippen LogP contribution in [0, 0.1) is 10.5 Å². The van der Waals surface area contributed by atoms with Crippen LogP contribution in [-0.4, -0.2) is 15.6 Å². The first kappa shape index (κ1) is 13.5. The predicted octanol–water partition coefficient (Wildman–Crippen LogP) is 3.41. The highest BCUT2D eigenvalue weighted by Gasteiger charge is 2.15. The summed E-state index contributed by atoms with van der Waals surface area (Å²) in [6.45, 7) is 1.86. The van der Waals surface area contributed by atoms with E-state index in [4.69, 9.17) is 11.6 Å². The van der Waals surface area contributed by atoms with Crippen molar-refractivity contribution < 1.29 is 4.79 Å². The normalized spacial score (nSPS) is 10.7. The number of aromatic nitrogens is 2. The first-order chi connectivity index (χ1) is 8.49. The molecule has 0 spiro atoms. The molecule has 94 valence electrons. The van der Waals surface area contributed by atoms with E-state index in [1.165, 1.54) is 0 Å². The third kappa shape index (κ3) is 2.75. The molecule has 2 rings (SSSR count). The number of nitrogens with zero attached hydrogens (tertiary/aromatic N) is 2. The van der Waals surface area contributed by atoms with Gasteiger partial charge in [0.1, 0.15) is 5.15 Å². The third-order valence-electron chi connectivity index (χ3n) is 2.77. The van der Waals surface area contributed by atoms with Gasteiger partial charge < -0.3 is 0 Å². The lowest BCUT2D eigenvalue weighted by Gasteiger charge is -2.01. The summed E-state index contributed by atoms with van der Waals surface area (Å²) in [5, 5.41) is 4.74. The summed E-state index contributed by atoms with van der Waals surface area (Å²) < 4.78 is 2.70. The number of hydrogen-bond acceptors (Lipinski definition) is 2. The average molecular weight is 375 g/mol. The molecule has 5 heteroatoms. The zero-order valence-corrected chi connectivity index (χ0v) is 13.0. The number of ketones is 1. The zero-order chi connectivity index (χ0) is 13.3. The topological polar surface area (TPSA) is 34.9 Å². The molecule has 0 radical (unpaired) electrons. The summed E-state index contributed by atoms with van der Waals surface area (Å²) in [5.41, 5.74) is 2.32. The lowest BCUT2D eigenvalue weighted by molar-refractivity contribution is 0.0992. The van der Waals surface area contributed by atoms with E-state index < -0.39 is 0 Å². The fourth-order valence-corrected chi connectivity index (χ4v) is 2.37. The van der Waals surface area contributed by atoms with Crippen molar-refractivity contribution in [1.29, 1.82) is 0 Å². The van der Waals surface area contributed by atoms with E-state index in [1.807, 2.05) is 31.2 Å². The minimum Gasteiger partial charge on any atom is -0.294 e. The summed E-state index contributed by atoms with van der Waals surface area (Å²) in [5.74, 6) is 0.0596. The SMILES string of the molecule is Cc1nn(C)c(Cl)c1CC(=O)c1ccc(I)cc1. The number of halogens is 2. The Kier molecular flexibility index (Phi) is 4.07. The van der Waals surface area contributed by atoms with Crippen LogP contribution in [0.5, 0.6) is 0 Å². The number of aryl methyl sites for hydroxylation is 2. The van der Waals surface area contributed by atoms with E-state index >= 15 is 0 Å². The van der Waals surface area contributed by atoms with Crippen LogP contribution in [0.25, 0.3) is 0 Å². The van der Waals surface area contributed by atoms with Gasteiger partial charge in [-0.15, -0.1) is 0 Å². The molecule has 0 fully saturated rings. The second kappa shape index (κ2) is 5.40. The minimum atomic E-state index is 0.0596. The Bertz CT molecular complexity index is 590. The van der Waals surface area contributed by atoms with E-state index in [0.717, 1.165) is 14.8 Å². The van der Waals surface area contributed by atoms with E-state index in [9.17, 15) is 4.79 Å². The monoisotopic (exact) mass is 374 g/mol. The first-order valence-electron chi connectivity index (χ1n) is 5.45. The molecule has 0 aliphatic rings. The lowest BCUT2D eigenvalue weighted by Crippen LogP contribution is -2.04. The van der Waals surface area contributed by atoms with E-state index in [2.05, 4.69) is 27.7 Å². The van der Waals surface area contributed by atoms with Gasteiger partial charge in [-0.3, -0.25) is 9.48 Å². The van der Waals surface area contributed by atoms with Gasteiger partial charge in [-0.2, -0.15) is 5.10 Å². The summed E-state index contributed by atoms with van der Waals surface area (Å²) in [6, 6.07) is 7.52. The van der Waals surface area contributed by atoms with Crippen molar-refractivity contribution in [3.8, 4) is 0 Å². The van der Waals surface area contributed by atoms with Crippen molar-refractivity contribution in [2.45, 2.75) is 13.3 Å². The number of Topliss-reactive ketones (excluding diaryl/α,β-unsaturated/α-hetero) is 1. The maximum atomic E-state index is 12.1. The smallest absolute Gasteiger partial charge is 0.167 e. The molecule has 0 unspecified atom stereocenters. The van der Waals surface area contributed by atoms with Crippen molar-refractivity contribution >= 4 is 40.0 Å². The molecule has 1 heterocycles. The van der Waals surface area contributed by atoms with Crippen molar-refractivity contribution in [3.05, 3.63) is 49.8 Å². The molecule has 0 N–H and O–H groups in total. The average Bonchev–Trinajstić information content (AvgIpc) is 2.57. The van der Waals surface area contributed by atoms with Crippen LogP contribution in [0.3, 0.4) is 0 Å². The van der Waals surface area contributed by atoms with Gasteiger partial charge in [0.05, 0.1) is 5.69 Å². The van der Waals surface area contributed by atoms with Crippen LogP contribution in [0.15, 0.2) is 24.3 Å². The van der Waals surface area contributed by atoms with Gasteiger partial charge in [0, 0.05) is 28.2 Å². The fraction of sp³-hybridized carbons (Fsp3) is 0.231. The molecule has 1 aromatic heterocycles. The van der Waals surface area contributed by atoms with Crippen molar-refractivity contribution in [2.75, 3.05) is 0 Å². The van der Waals surface area contributed by atoms with E-state index in [1.54, 1.807) is 11.7 Å². The van der Waals surface area contributed by atoms with Crippen molar-refractivity contribution in [3.63, 3.8) is 0 Å². The lowest BCUT2D eigenvalue weighted by atomic mass is 10.0. The number of carbonyl (C=O) groups is 1. The fourth-order valence-electron chi connectivity index (χ4n) is 1.77. The van der Waals surface area contributed by atoms with Gasteiger partial charge in [-0.25, -0.2) is 0 Å². The third-order valence-corrected chi connectivity index (χ3v) is 3.97. The Labute approximate surface area is 124 Å². The van der Waals surface area contributed by atoms with Gasteiger partial charge in [0.2, 0.25) is 0 Å². The minimum absolute atomic E-state index is 0.0596. The van der Waals surface area contributed by atoms with E-state index in [-0.39, 0.29) is 5.78 Å². The molecule has 0 saturated carbocycles. The van der Waals surface area contributed by atoms with Crippen LogP contribution in [-0.2, 0) is 13.5 Å². The van der Waals surface area contributed by atoms with Crippen LogP contribution in [0.1, 0.15) is 21.6 Å². The second-order valence-electron chi connectivity index (χ2n) is 4.09. The largest absolute Gasteiger partial charge is 0.294 e. The Hall–Kier alpha value is -0.880. The van der Waals surface area contributed by atoms with E-state index in [0.29, 0.717) is 17.1 Å². The predicted molar refractivity (Wildman–Crippen MR) is 80.1 cm³/mol. The number of hydrogen-bond donors (Lipinski definition) is 0. The Morgan fingerprint density at radius 2 is 2.00 bits per heavy atom. The summed E-state index contributed by atoms with van der Waals surface area (Å²) in [4.78, 5) is 12.1. The summed E-state index contributed by atoms with van der Waals surface area (Å²) in [6.07, 6.45) is 0.291. The van der Waals surface area contributed by atoms with Crippen LogP contribution >= 0.6 is 34.2 Å². The molecule has 3 nitrogen and oxygen atoms in total. The maximum Gasteiger partial charge on any atom is 0.167 e. The summed E-state index contributed by atoms with van der Waals surface area (Å²) >= 11 is 8.33. The first-order valence-corrected chi connectivity index (χ1v) is 6.91. The molecule has 0 aliphatic heterocycles. The molecular weight excluding hydrogens is 363 g/mol. The Morgan fingerprint density at radius 1 is 1.39 bits per heavy atom. The van der Waals surface area contributed by atoms with Gasteiger partial charge in [-0.05, 0) is 41.6 Å². The molecule has 0 aliphatic carbocycles. The van der Waals surface area contributed by atoms with Crippen LogP contribution in [0.4, 0.5) is 0 Å². The Morgan fingerprint density at radius 3 is 2.50 bits per heavy atom. The molecule has 0 saturated heterocycles. The Balaban J connectivity index is 2.24. The highest BCUT2D eigenvalue weighted by Crippen LogP contribution is 2.21. The molecule has 0 bridgehead atoms. The van der Waals surface area contributed by atoms with Crippen LogP contribution in [0.2, 0.25) is 5.15 Å². The zero-order valence-electron chi connectivity index (χ0n) is 10.1. The second-order valence-corrected chi connectivity index (χ2v) is 5.69. The van der Waals surface area contributed by atoms with Gasteiger partial charge in [-0.1, -0.05) is 23.7 Å². The molecule has 2 aromatic rings. The van der Waals surface area contributed by atoms with Gasteiger partial charge in [0.15, 0.2) is 5.78 Å². The van der Waals surface area contributed by atoms with Crippen molar-refractivity contribution in [1.82, 2.24) is 9.78 Å². The molecule has 18 heavy (non-hydrogen) atoms.